The number of hydrogen-bond donors (Lipinski definition) is 1. The fourth-order valence-electron chi connectivity index (χ4n) is 3.43. The second kappa shape index (κ2) is 11.7. The first kappa shape index (κ1) is 24.6. The lowest BCUT2D eigenvalue weighted by molar-refractivity contribution is -0.140. The van der Waals surface area contributed by atoms with Gasteiger partial charge in [0.15, 0.2) is 0 Å². The highest BCUT2D eigenvalue weighted by atomic mass is 35.5. The zero-order chi connectivity index (χ0) is 23.8. The monoisotopic (exact) mass is 484 g/mol. The molecule has 1 atom stereocenters. The molecule has 7 heteroatoms. The highest BCUT2D eigenvalue weighted by Gasteiger charge is 2.26. The summed E-state index contributed by atoms with van der Waals surface area (Å²) in [4.78, 5) is 27.9. The summed E-state index contributed by atoms with van der Waals surface area (Å²) in [5.41, 5.74) is 2.57. The van der Waals surface area contributed by atoms with Gasteiger partial charge in [-0.2, -0.15) is 0 Å². The van der Waals surface area contributed by atoms with Crippen molar-refractivity contribution in [3.63, 3.8) is 0 Å². The lowest BCUT2D eigenvalue weighted by Crippen LogP contribution is -2.48. The van der Waals surface area contributed by atoms with Crippen LogP contribution in [-0.2, 0) is 29.1 Å². The van der Waals surface area contributed by atoms with Gasteiger partial charge in [-0.3, -0.25) is 9.59 Å². The number of nitrogens with one attached hydrogen (secondary N) is 1. The van der Waals surface area contributed by atoms with Gasteiger partial charge >= 0.3 is 0 Å². The normalized spacial score (nSPS) is 11.5. The molecular weight excluding hydrogens is 459 g/mol. The second-order valence-corrected chi connectivity index (χ2v) is 8.53. The van der Waals surface area contributed by atoms with E-state index in [1.807, 2.05) is 48.5 Å². The van der Waals surface area contributed by atoms with Crippen molar-refractivity contribution in [1.82, 2.24) is 10.2 Å². The molecule has 3 aromatic carbocycles. The maximum atomic E-state index is 13.3. The van der Waals surface area contributed by atoms with Crippen molar-refractivity contribution < 1.29 is 14.3 Å². The number of methoxy groups -OCH3 is 1. The molecule has 5 nitrogen and oxygen atoms in total. The van der Waals surface area contributed by atoms with Gasteiger partial charge < -0.3 is 15.0 Å². The Morgan fingerprint density at radius 3 is 2.09 bits per heavy atom. The molecule has 0 saturated carbocycles. The fourth-order valence-corrected chi connectivity index (χ4v) is 3.68. The molecule has 0 radical (unpaired) electrons. The van der Waals surface area contributed by atoms with Crippen LogP contribution in [0.25, 0.3) is 0 Å². The fraction of sp³-hybridized carbons (Fsp3) is 0.231. The number of carbonyl (C=O) groups excluding carboxylic acids is 2. The van der Waals surface area contributed by atoms with E-state index >= 15 is 0 Å². The number of nitrogens with zero attached hydrogens (tertiary/aromatic N) is 1. The third-order valence-electron chi connectivity index (χ3n) is 5.35. The van der Waals surface area contributed by atoms with Gasteiger partial charge in [0, 0.05) is 28.7 Å². The van der Waals surface area contributed by atoms with Gasteiger partial charge in [0.1, 0.15) is 11.8 Å². The maximum Gasteiger partial charge on any atom is 0.242 e. The van der Waals surface area contributed by atoms with Gasteiger partial charge in [-0.05, 0) is 48.4 Å². The molecule has 0 bridgehead atoms. The van der Waals surface area contributed by atoms with Gasteiger partial charge in [-0.15, -0.1) is 0 Å². The van der Waals surface area contributed by atoms with E-state index in [-0.39, 0.29) is 24.8 Å². The molecule has 0 spiro atoms. The third kappa shape index (κ3) is 6.98. The molecule has 2 amide bonds. The average molecular weight is 485 g/mol. The van der Waals surface area contributed by atoms with Crippen LogP contribution in [0, 0.1) is 0 Å². The van der Waals surface area contributed by atoms with Crippen molar-refractivity contribution in [1.29, 1.82) is 0 Å². The molecule has 1 N–H and O–H groups in total. The molecule has 1 unspecified atom stereocenters. The van der Waals surface area contributed by atoms with Crippen molar-refractivity contribution >= 4 is 35.0 Å². The van der Waals surface area contributed by atoms with Crippen molar-refractivity contribution in [2.45, 2.75) is 32.5 Å². The Bertz CT molecular complexity index is 1090. The number of rotatable bonds is 9. The summed E-state index contributed by atoms with van der Waals surface area (Å²) >= 11 is 12.0. The number of carbonyl (C=O) groups is 2. The van der Waals surface area contributed by atoms with Crippen LogP contribution < -0.4 is 10.1 Å². The predicted octanol–water partition coefficient (Wildman–Crippen LogP) is 5.28. The first-order chi connectivity index (χ1) is 15.9. The number of ether oxygens (including phenoxy) is 1. The van der Waals surface area contributed by atoms with Crippen LogP contribution in [0.5, 0.6) is 5.75 Å². The summed E-state index contributed by atoms with van der Waals surface area (Å²) < 4.78 is 5.35. The molecule has 0 heterocycles. The minimum Gasteiger partial charge on any atom is -0.496 e. The first-order valence-corrected chi connectivity index (χ1v) is 11.3. The molecule has 0 aliphatic rings. The zero-order valence-corrected chi connectivity index (χ0v) is 20.1. The molecule has 0 aromatic heterocycles. The van der Waals surface area contributed by atoms with Crippen molar-refractivity contribution in [3.8, 4) is 5.75 Å². The Labute approximate surface area is 204 Å². The van der Waals surface area contributed by atoms with Crippen LogP contribution in [0.3, 0.4) is 0 Å². The summed E-state index contributed by atoms with van der Waals surface area (Å²) in [6.45, 7) is 2.31. The number of benzene rings is 3. The van der Waals surface area contributed by atoms with Crippen molar-refractivity contribution in [2.75, 3.05) is 7.11 Å². The smallest absolute Gasteiger partial charge is 0.242 e. The Kier molecular flexibility index (Phi) is 8.75. The van der Waals surface area contributed by atoms with Gasteiger partial charge in [0.05, 0.1) is 13.5 Å². The summed E-state index contributed by atoms with van der Waals surface area (Å²) in [5, 5.41) is 4.14. The second-order valence-electron chi connectivity index (χ2n) is 7.66. The van der Waals surface area contributed by atoms with Crippen molar-refractivity contribution in [3.05, 3.63) is 99.5 Å². The highest BCUT2D eigenvalue weighted by molar-refractivity contribution is 6.30. The number of para-hydroxylation sites is 1. The topological polar surface area (TPSA) is 58.6 Å². The van der Waals surface area contributed by atoms with E-state index in [1.165, 1.54) is 0 Å². The number of halogens is 2. The molecule has 172 valence electrons. The Hall–Kier alpha value is -3.02. The average Bonchev–Trinajstić information content (AvgIpc) is 2.83. The van der Waals surface area contributed by atoms with Gasteiger partial charge in [-0.1, -0.05) is 65.7 Å². The summed E-state index contributed by atoms with van der Waals surface area (Å²) in [5.74, 6) is 0.286. The highest BCUT2D eigenvalue weighted by Crippen LogP contribution is 2.18. The van der Waals surface area contributed by atoms with Crippen LogP contribution in [-0.4, -0.2) is 29.9 Å². The predicted molar refractivity (Wildman–Crippen MR) is 131 cm³/mol. The van der Waals surface area contributed by atoms with Crippen LogP contribution in [0.1, 0.15) is 23.6 Å². The summed E-state index contributed by atoms with van der Waals surface area (Å²) in [6, 6.07) is 21.2. The van der Waals surface area contributed by atoms with E-state index in [4.69, 9.17) is 27.9 Å². The minimum atomic E-state index is -0.685. The molecule has 0 fully saturated rings. The van der Waals surface area contributed by atoms with Crippen LogP contribution in [0.2, 0.25) is 10.0 Å². The quantitative estimate of drug-likeness (QED) is 0.449. The molecule has 0 aliphatic heterocycles. The van der Waals surface area contributed by atoms with Gasteiger partial charge in [-0.25, -0.2) is 0 Å². The summed E-state index contributed by atoms with van der Waals surface area (Å²) in [7, 11) is 1.59. The molecule has 0 aliphatic carbocycles. The standard InChI is InChI=1S/C26H26Cl2N2O3/c1-18(26(32)29-16-21-5-3-4-6-24(21)33-2)30(17-20-9-13-23(28)14-10-20)25(31)15-19-7-11-22(27)12-8-19/h3-14,18H,15-17H2,1-2H3,(H,29,32). The minimum absolute atomic E-state index is 0.160. The van der Waals surface area contributed by atoms with E-state index in [9.17, 15) is 9.59 Å². The molecular formula is C26H26Cl2N2O3. The van der Waals surface area contributed by atoms with E-state index in [0.717, 1.165) is 16.7 Å². The third-order valence-corrected chi connectivity index (χ3v) is 5.85. The zero-order valence-electron chi connectivity index (χ0n) is 18.6. The van der Waals surface area contributed by atoms with E-state index in [1.54, 1.807) is 43.2 Å². The van der Waals surface area contributed by atoms with E-state index < -0.39 is 6.04 Å². The Balaban J connectivity index is 1.75. The van der Waals surface area contributed by atoms with E-state index in [0.29, 0.717) is 22.3 Å². The van der Waals surface area contributed by atoms with E-state index in [2.05, 4.69) is 5.32 Å². The lowest BCUT2D eigenvalue weighted by Gasteiger charge is -2.29. The maximum absolute atomic E-state index is 13.3. The largest absolute Gasteiger partial charge is 0.496 e. The van der Waals surface area contributed by atoms with Gasteiger partial charge in [0.2, 0.25) is 11.8 Å². The molecule has 33 heavy (non-hydrogen) atoms. The number of hydrogen-bond acceptors (Lipinski definition) is 3. The van der Waals surface area contributed by atoms with Crippen LogP contribution >= 0.6 is 23.2 Å². The molecule has 3 aromatic rings. The summed E-state index contributed by atoms with van der Waals surface area (Å²) in [6.07, 6.45) is 0.162. The van der Waals surface area contributed by atoms with Crippen molar-refractivity contribution in [2.24, 2.45) is 0 Å². The van der Waals surface area contributed by atoms with Gasteiger partial charge in [0.25, 0.3) is 0 Å². The Morgan fingerprint density at radius 1 is 0.909 bits per heavy atom. The lowest BCUT2D eigenvalue weighted by atomic mass is 10.1. The SMILES string of the molecule is COc1ccccc1CNC(=O)C(C)N(Cc1ccc(Cl)cc1)C(=O)Cc1ccc(Cl)cc1. The number of amides is 2. The first-order valence-electron chi connectivity index (χ1n) is 10.6. The molecule has 3 rings (SSSR count). The molecule has 0 saturated heterocycles. The Morgan fingerprint density at radius 2 is 1.48 bits per heavy atom. The van der Waals surface area contributed by atoms with Crippen LogP contribution in [0.15, 0.2) is 72.8 Å². The van der Waals surface area contributed by atoms with Crippen LogP contribution in [0.4, 0.5) is 0 Å².